The summed E-state index contributed by atoms with van der Waals surface area (Å²) < 4.78 is 0.752. The van der Waals surface area contributed by atoms with Crippen LogP contribution in [0.1, 0.15) is 0 Å². The van der Waals surface area contributed by atoms with Gasteiger partial charge in [0.15, 0.2) is 0 Å². The number of pyridine rings is 1. The van der Waals surface area contributed by atoms with Gasteiger partial charge in [-0.05, 0) is 12.1 Å². The first-order valence-corrected chi connectivity index (χ1v) is 2.89. The van der Waals surface area contributed by atoms with Gasteiger partial charge in [0.05, 0.1) is 17.8 Å². The Kier molecular flexibility index (Phi) is 0.887. The minimum absolute atomic E-state index is 0.502. The van der Waals surface area contributed by atoms with Crippen LogP contribution in [-0.4, -0.2) is 10.2 Å². The van der Waals surface area contributed by atoms with E-state index >= 15 is 0 Å². The zero-order valence-corrected chi connectivity index (χ0v) is 5.11. The predicted molar refractivity (Wildman–Crippen MR) is 35.1 cm³/mol. The van der Waals surface area contributed by atoms with E-state index in [4.69, 9.17) is 0 Å². The monoisotopic (exact) mass is 135 g/mol. The second-order valence-electron chi connectivity index (χ2n) is 2.01. The van der Waals surface area contributed by atoms with Gasteiger partial charge in [0, 0.05) is 0 Å². The fraction of sp³-hybridized carbons (Fsp3) is 0. The summed E-state index contributed by atoms with van der Waals surface area (Å²) in [6.07, 6.45) is 3.05. The highest BCUT2D eigenvalue weighted by atomic mass is 16.5. The number of hydrogen-bond acceptors (Lipinski definition) is 2. The molecule has 0 aromatic carbocycles. The van der Waals surface area contributed by atoms with Crippen LogP contribution in [-0.2, 0) is 0 Å². The van der Waals surface area contributed by atoms with Crippen molar-refractivity contribution >= 4 is 11.0 Å². The van der Waals surface area contributed by atoms with Crippen LogP contribution in [0.5, 0.6) is 0 Å². The van der Waals surface area contributed by atoms with E-state index in [0.717, 1.165) is 10.1 Å². The number of hydrogen-bond donors (Lipinski definition) is 1. The molecule has 0 aliphatic carbocycles. The lowest BCUT2D eigenvalue weighted by Crippen LogP contribution is -2.25. The summed E-state index contributed by atoms with van der Waals surface area (Å²) >= 11 is 0. The molecule has 2 rings (SSSR count). The van der Waals surface area contributed by atoms with Crippen molar-refractivity contribution in [3.05, 3.63) is 29.7 Å². The third-order valence-corrected chi connectivity index (χ3v) is 1.37. The van der Waals surface area contributed by atoms with Gasteiger partial charge in [0.2, 0.25) is 0 Å². The molecule has 0 atom stereocenters. The van der Waals surface area contributed by atoms with Crippen molar-refractivity contribution in [3.63, 3.8) is 0 Å². The Hall–Kier alpha value is -1.58. The average molecular weight is 135 g/mol. The molecule has 0 radical (unpaired) electrons. The SMILES string of the molecule is [O-][n+]1cccc2cn[nH]c21. The van der Waals surface area contributed by atoms with Crippen molar-refractivity contribution in [2.75, 3.05) is 0 Å². The molecule has 0 spiro atoms. The summed E-state index contributed by atoms with van der Waals surface area (Å²) in [4.78, 5) is 0. The van der Waals surface area contributed by atoms with Gasteiger partial charge in [0.25, 0.3) is 0 Å². The zero-order valence-electron chi connectivity index (χ0n) is 5.11. The minimum atomic E-state index is 0.502. The molecule has 0 saturated heterocycles. The first kappa shape index (κ1) is 5.22. The molecule has 0 aliphatic heterocycles. The average Bonchev–Trinajstić information content (AvgIpc) is 2.36. The topological polar surface area (TPSA) is 55.6 Å². The van der Waals surface area contributed by atoms with E-state index in [-0.39, 0.29) is 0 Å². The molecule has 2 heterocycles. The quantitative estimate of drug-likeness (QED) is 0.414. The van der Waals surface area contributed by atoms with Gasteiger partial charge in [-0.25, -0.2) is 4.73 Å². The van der Waals surface area contributed by atoms with E-state index < -0.39 is 0 Å². The molecule has 4 nitrogen and oxygen atoms in total. The van der Waals surface area contributed by atoms with Crippen LogP contribution in [0.4, 0.5) is 0 Å². The maximum Gasteiger partial charge on any atom is 0.311 e. The smallest absolute Gasteiger partial charge is 0.311 e. The van der Waals surface area contributed by atoms with E-state index in [9.17, 15) is 5.21 Å². The number of rotatable bonds is 0. The van der Waals surface area contributed by atoms with Crippen LogP contribution >= 0.6 is 0 Å². The first-order chi connectivity index (χ1) is 4.88. The molecule has 4 heteroatoms. The fourth-order valence-electron chi connectivity index (χ4n) is 0.887. The van der Waals surface area contributed by atoms with Crippen LogP contribution in [0, 0.1) is 5.21 Å². The third-order valence-electron chi connectivity index (χ3n) is 1.37. The predicted octanol–water partition coefficient (Wildman–Crippen LogP) is 0.196. The van der Waals surface area contributed by atoms with Crippen molar-refractivity contribution in [1.82, 2.24) is 10.2 Å². The summed E-state index contributed by atoms with van der Waals surface area (Å²) in [6, 6.07) is 3.51. The Morgan fingerprint density at radius 3 is 3.30 bits per heavy atom. The summed E-state index contributed by atoms with van der Waals surface area (Å²) in [5.74, 6) is 0. The van der Waals surface area contributed by atoms with Gasteiger partial charge in [-0.2, -0.15) is 0 Å². The van der Waals surface area contributed by atoms with Crippen LogP contribution in [0.2, 0.25) is 0 Å². The minimum Gasteiger partial charge on any atom is -0.711 e. The van der Waals surface area contributed by atoms with E-state index in [1.807, 2.05) is 6.07 Å². The zero-order chi connectivity index (χ0) is 6.97. The summed E-state index contributed by atoms with van der Waals surface area (Å²) in [6.45, 7) is 0. The highest BCUT2D eigenvalue weighted by Crippen LogP contribution is 2.01. The molecule has 2 aromatic heterocycles. The lowest BCUT2D eigenvalue weighted by atomic mass is 10.4. The highest BCUT2D eigenvalue weighted by Gasteiger charge is 2.00. The maximum atomic E-state index is 10.9. The van der Waals surface area contributed by atoms with Gasteiger partial charge in [-0.3, -0.25) is 0 Å². The lowest BCUT2D eigenvalue weighted by Gasteiger charge is -1.98. The largest absolute Gasteiger partial charge is 0.711 e. The van der Waals surface area contributed by atoms with Crippen molar-refractivity contribution in [1.29, 1.82) is 0 Å². The Morgan fingerprint density at radius 2 is 2.50 bits per heavy atom. The summed E-state index contributed by atoms with van der Waals surface area (Å²) in [5.41, 5.74) is 0.502. The van der Waals surface area contributed by atoms with Gasteiger partial charge in [-0.1, -0.05) is 5.10 Å². The van der Waals surface area contributed by atoms with Crippen molar-refractivity contribution in [3.8, 4) is 0 Å². The molecule has 0 saturated carbocycles. The highest BCUT2D eigenvalue weighted by molar-refractivity contribution is 5.69. The molecular formula is C6H5N3O. The number of H-pyrrole nitrogens is 1. The van der Waals surface area contributed by atoms with Gasteiger partial charge in [-0.15, -0.1) is 5.10 Å². The van der Waals surface area contributed by atoms with E-state index in [2.05, 4.69) is 10.2 Å². The molecule has 0 fully saturated rings. The molecule has 0 aliphatic rings. The Balaban J connectivity index is 2.95. The van der Waals surface area contributed by atoms with Crippen molar-refractivity contribution < 1.29 is 4.73 Å². The summed E-state index contributed by atoms with van der Waals surface area (Å²) in [7, 11) is 0. The second-order valence-corrected chi connectivity index (χ2v) is 2.01. The lowest BCUT2D eigenvalue weighted by molar-refractivity contribution is -0.579. The number of aromatic nitrogens is 3. The Labute approximate surface area is 56.7 Å². The normalized spacial score (nSPS) is 10.4. The van der Waals surface area contributed by atoms with E-state index in [1.54, 1.807) is 12.3 Å². The van der Waals surface area contributed by atoms with Gasteiger partial charge in [0.1, 0.15) is 0 Å². The first-order valence-electron chi connectivity index (χ1n) is 2.89. The van der Waals surface area contributed by atoms with Gasteiger partial charge >= 0.3 is 5.65 Å². The molecule has 2 aromatic rings. The fourth-order valence-corrected chi connectivity index (χ4v) is 0.887. The molecule has 50 valence electrons. The summed E-state index contributed by atoms with van der Waals surface area (Å²) in [5, 5.41) is 18.0. The van der Waals surface area contributed by atoms with E-state index in [1.165, 1.54) is 6.20 Å². The van der Waals surface area contributed by atoms with E-state index in [0.29, 0.717) is 5.65 Å². The number of aromatic amines is 1. The van der Waals surface area contributed by atoms with Crippen molar-refractivity contribution in [2.45, 2.75) is 0 Å². The number of fused-ring (bicyclic) bond motifs is 1. The van der Waals surface area contributed by atoms with Gasteiger partial charge < -0.3 is 5.21 Å². The third kappa shape index (κ3) is 0.556. The van der Waals surface area contributed by atoms with Crippen LogP contribution in [0.25, 0.3) is 11.0 Å². The van der Waals surface area contributed by atoms with Crippen LogP contribution < -0.4 is 4.73 Å². The van der Waals surface area contributed by atoms with Crippen LogP contribution in [0.3, 0.4) is 0 Å². The molecular weight excluding hydrogens is 130 g/mol. The van der Waals surface area contributed by atoms with Crippen molar-refractivity contribution in [2.24, 2.45) is 0 Å². The van der Waals surface area contributed by atoms with Crippen LogP contribution in [0.15, 0.2) is 24.5 Å². The molecule has 1 N–H and O–H groups in total. The molecule has 0 bridgehead atoms. The maximum absolute atomic E-state index is 10.9. The Bertz CT molecular complexity index is 355. The standard InChI is InChI=1S/C6H5N3O/c10-9-3-1-2-5-4-7-8-6(5)9/h1-4H,(H,7,8). The Morgan fingerprint density at radius 1 is 1.60 bits per heavy atom. The molecule has 0 unspecified atom stereocenters. The number of nitrogens with one attached hydrogen (secondary N) is 1. The number of nitrogens with zero attached hydrogens (tertiary/aromatic N) is 2. The second kappa shape index (κ2) is 1.70. The molecule has 0 amide bonds. The molecule has 10 heavy (non-hydrogen) atoms.